The molecule has 1 aromatic rings. The molecule has 4 bridgehead atoms. The van der Waals surface area contributed by atoms with E-state index in [9.17, 15) is 4.79 Å². The second-order valence-corrected chi connectivity index (χ2v) is 10.3. The van der Waals surface area contributed by atoms with Crippen molar-refractivity contribution < 1.29 is 14.1 Å². The van der Waals surface area contributed by atoms with Gasteiger partial charge in [-0.25, -0.2) is 4.79 Å². The van der Waals surface area contributed by atoms with E-state index in [4.69, 9.17) is 20.0 Å². The number of carbonyl (C=O) groups is 1. The van der Waals surface area contributed by atoms with E-state index in [1.165, 1.54) is 38.5 Å². The zero-order valence-corrected chi connectivity index (χ0v) is 17.4. The standard InChI is InChI=1S/C21H34N4O3/c1-20(2,3)27-19(26)23-6-4-5-16(22)17-24-18(25-28-17)21-10-13-7-14(11-21)9-15(8-13)12-21/h13-16H,4-12,22H2,1-3H3,(H,23,26)/t13?,14?,15?,16-,21?/m0/s1. The fourth-order valence-electron chi connectivity index (χ4n) is 5.94. The molecule has 5 rings (SSSR count). The summed E-state index contributed by atoms with van der Waals surface area (Å²) in [5.74, 6) is 3.97. The van der Waals surface area contributed by atoms with Crippen LogP contribution in [0.2, 0.25) is 0 Å². The van der Waals surface area contributed by atoms with Crippen LogP contribution in [0.5, 0.6) is 0 Å². The fourth-order valence-corrected chi connectivity index (χ4v) is 5.94. The summed E-state index contributed by atoms with van der Waals surface area (Å²) in [6.45, 7) is 6.05. The van der Waals surface area contributed by atoms with Gasteiger partial charge < -0.3 is 20.3 Å². The van der Waals surface area contributed by atoms with Gasteiger partial charge in [-0.15, -0.1) is 0 Å². The molecule has 4 saturated carbocycles. The molecule has 1 atom stereocenters. The third-order valence-electron chi connectivity index (χ3n) is 6.63. The summed E-state index contributed by atoms with van der Waals surface area (Å²) in [4.78, 5) is 16.4. The van der Waals surface area contributed by atoms with Gasteiger partial charge >= 0.3 is 6.09 Å². The van der Waals surface area contributed by atoms with Crippen molar-refractivity contribution in [3.63, 3.8) is 0 Å². The first kappa shape index (κ1) is 19.7. The third-order valence-corrected chi connectivity index (χ3v) is 6.63. The van der Waals surface area contributed by atoms with E-state index in [0.717, 1.165) is 30.0 Å². The van der Waals surface area contributed by atoms with Crippen molar-refractivity contribution in [2.45, 2.75) is 89.2 Å². The van der Waals surface area contributed by atoms with E-state index in [1.54, 1.807) is 0 Å². The first-order valence-electron chi connectivity index (χ1n) is 10.8. The van der Waals surface area contributed by atoms with E-state index in [-0.39, 0.29) is 11.5 Å². The SMILES string of the molecule is CC(C)(C)OC(=O)NCCC[C@H](N)c1nc(C23CC4CC(CC(C4)C2)C3)no1. The molecule has 28 heavy (non-hydrogen) atoms. The topological polar surface area (TPSA) is 103 Å². The number of alkyl carbamates (subject to hydrolysis) is 1. The van der Waals surface area contributed by atoms with E-state index in [0.29, 0.717) is 18.9 Å². The lowest BCUT2D eigenvalue weighted by molar-refractivity contribution is -0.0103. The average Bonchev–Trinajstić information content (AvgIpc) is 3.07. The number of hydrogen-bond donors (Lipinski definition) is 2. The fraction of sp³-hybridized carbons (Fsp3) is 0.857. The second kappa shape index (κ2) is 7.32. The Morgan fingerprint density at radius 3 is 2.43 bits per heavy atom. The van der Waals surface area contributed by atoms with Crippen LogP contribution in [0.15, 0.2) is 4.52 Å². The van der Waals surface area contributed by atoms with Gasteiger partial charge in [0.25, 0.3) is 0 Å². The highest BCUT2D eigenvalue weighted by atomic mass is 16.6. The molecule has 0 spiro atoms. The molecular formula is C21H34N4O3. The van der Waals surface area contributed by atoms with Gasteiger partial charge in [-0.05, 0) is 89.9 Å². The van der Waals surface area contributed by atoms with Gasteiger partial charge in [0, 0.05) is 12.0 Å². The van der Waals surface area contributed by atoms with Crippen LogP contribution >= 0.6 is 0 Å². The molecule has 0 aromatic carbocycles. The number of carbonyl (C=O) groups excluding carboxylic acids is 1. The van der Waals surface area contributed by atoms with Crippen LogP contribution < -0.4 is 11.1 Å². The Morgan fingerprint density at radius 2 is 1.86 bits per heavy atom. The van der Waals surface area contributed by atoms with E-state index >= 15 is 0 Å². The maximum atomic E-state index is 11.7. The monoisotopic (exact) mass is 390 g/mol. The number of nitrogens with one attached hydrogen (secondary N) is 1. The van der Waals surface area contributed by atoms with Crippen molar-refractivity contribution in [3.8, 4) is 0 Å². The number of aromatic nitrogens is 2. The van der Waals surface area contributed by atoms with Crippen molar-refractivity contribution in [1.82, 2.24) is 15.5 Å². The Bertz CT molecular complexity index is 673. The van der Waals surface area contributed by atoms with Crippen LogP contribution in [0.25, 0.3) is 0 Å². The summed E-state index contributed by atoms with van der Waals surface area (Å²) in [6.07, 6.45) is 8.85. The molecule has 0 saturated heterocycles. The number of nitrogens with two attached hydrogens (primary N) is 1. The Kier molecular flexibility index (Phi) is 5.14. The predicted molar refractivity (Wildman–Crippen MR) is 105 cm³/mol. The molecule has 1 amide bonds. The number of ether oxygens (including phenoxy) is 1. The summed E-state index contributed by atoms with van der Waals surface area (Å²) in [7, 11) is 0. The van der Waals surface area contributed by atoms with Crippen LogP contribution in [0, 0.1) is 17.8 Å². The molecule has 7 heteroatoms. The highest BCUT2D eigenvalue weighted by molar-refractivity contribution is 5.67. The van der Waals surface area contributed by atoms with Gasteiger partial charge in [0.1, 0.15) is 5.60 Å². The number of hydrogen-bond acceptors (Lipinski definition) is 6. The molecule has 7 nitrogen and oxygen atoms in total. The van der Waals surface area contributed by atoms with E-state index in [2.05, 4.69) is 10.5 Å². The maximum Gasteiger partial charge on any atom is 0.407 e. The number of amides is 1. The molecular weight excluding hydrogens is 356 g/mol. The molecule has 156 valence electrons. The lowest BCUT2D eigenvalue weighted by atomic mass is 9.49. The van der Waals surface area contributed by atoms with Gasteiger partial charge in [-0.2, -0.15) is 4.98 Å². The van der Waals surface area contributed by atoms with E-state index < -0.39 is 11.7 Å². The normalized spacial score (nSPS) is 32.4. The molecule has 0 radical (unpaired) electrons. The van der Waals surface area contributed by atoms with Gasteiger partial charge in [0.2, 0.25) is 5.89 Å². The average molecular weight is 391 g/mol. The molecule has 0 aliphatic heterocycles. The lowest BCUT2D eigenvalue weighted by Crippen LogP contribution is -2.49. The minimum Gasteiger partial charge on any atom is -0.444 e. The summed E-state index contributed by atoms with van der Waals surface area (Å²) >= 11 is 0. The van der Waals surface area contributed by atoms with Gasteiger partial charge in [-0.3, -0.25) is 0 Å². The Hall–Kier alpha value is -1.63. The number of nitrogens with zero attached hydrogens (tertiary/aromatic N) is 2. The minimum absolute atomic E-state index is 0.133. The quantitative estimate of drug-likeness (QED) is 0.715. The van der Waals surface area contributed by atoms with Gasteiger partial charge in [-0.1, -0.05) is 5.16 Å². The molecule has 1 heterocycles. The molecule has 4 aliphatic carbocycles. The van der Waals surface area contributed by atoms with Crippen LogP contribution in [0.1, 0.15) is 89.9 Å². The molecule has 1 aromatic heterocycles. The van der Waals surface area contributed by atoms with Crippen molar-refractivity contribution in [2.24, 2.45) is 23.5 Å². The highest BCUT2D eigenvalue weighted by Gasteiger charge is 2.53. The van der Waals surface area contributed by atoms with E-state index in [1.807, 2.05) is 20.8 Å². The van der Waals surface area contributed by atoms with Crippen LogP contribution in [-0.4, -0.2) is 28.4 Å². The third kappa shape index (κ3) is 4.19. The van der Waals surface area contributed by atoms with Crippen molar-refractivity contribution in [1.29, 1.82) is 0 Å². The Balaban J connectivity index is 1.28. The smallest absolute Gasteiger partial charge is 0.407 e. The lowest BCUT2D eigenvalue weighted by Gasteiger charge is -2.55. The second-order valence-electron chi connectivity index (χ2n) is 10.3. The first-order chi connectivity index (χ1) is 13.2. The zero-order valence-electron chi connectivity index (χ0n) is 17.4. The largest absolute Gasteiger partial charge is 0.444 e. The number of rotatable bonds is 6. The molecule has 4 aliphatic rings. The van der Waals surface area contributed by atoms with Crippen LogP contribution in [0.4, 0.5) is 4.79 Å². The minimum atomic E-state index is -0.488. The summed E-state index contributed by atoms with van der Waals surface area (Å²) in [5, 5.41) is 7.13. The Morgan fingerprint density at radius 1 is 1.25 bits per heavy atom. The van der Waals surface area contributed by atoms with Crippen molar-refractivity contribution in [3.05, 3.63) is 11.7 Å². The molecule has 3 N–H and O–H groups in total. The highest BCUT2D eigenvalue weighted by Crippen LogP contribution is 2.60. The van der Waals surface area contributed by atoms with Crippen molar-refractivity contribution >= 4 is 6.09 Å². The predicted octanol–water partition coefficient (Wildman–Crippen LogP) is 3.84. The van der Waals surface area contributed by atoms with Crippen LogP contribution in [0.3, 0.4) is 0 Å². The Labute approximate surface area is 167 Å². The van der Waals surface area contributed by atoms with Crippen molar-refractivity contribution in [2.75, 3.05) is 6.54 Å². The maximum absolute atomic E-state index is 11.7. The zero-order chi connectivity index (χ0) is 19.9. The summed E-state index contributed by atoms with van der Waals surface area (Å²) in [6, 6.07) is -0.296. The van der Waals surface area contributed by atoms with Gasteiger partial charge in [0.05, 0.1) is 6.04 Å². The first-order valence-corrected chi connectivity index (χ1v) is 10.8. The summed E-state index contributed by atoms with van der Waals surface area (Å²) in [5.41, 5.74) is 5.92. The van der Waals surface area contributed by atoms with Crippen LogP contribution in [-0.2, 0) is 10.2 Å². The molecule has 0 unspecified atom stereocenters. The summed E-state index contributed by atoms with van der Waals surface area (Å²) < 4.78 is 10.8. The van der Waals surface area contributed by atoms with Gasteiger partial charge in [0.15, 0.2) is 5.82 Å². The molecule has 4 fully saturated rings.